The zero-order chi connectivity index (χ0) is 14.0. The van der Waals surface area contributed by atoms with E-state index in [4.69, 9.17) is 10.5 Å². The van der Waals surface area contributed by atoms with Crippen molar-refractivity contribution in [2.45, 2.75) is 26.7 Å². The molecule has 1 unspecified atom stereocenters. The molecule has 5 nitrogen and oxygen atoms in total. The zero-order valence-corrected chi connectivity index (χ0v) is 11.5. The van der Waals surface area contributed by atoms with E-state index in [-0.39, 0.29) is 11.8 Å². The Morgan fingerprint density at radius 1 is 1.33 bits per heavy atom. The van der Waals surface area contributed by atoms with E-state index in [2.05, 4.69) is 11.0 Å². The van der Waals surface area contributed by atoms with Crippen molar-refractivity contribution < 1.29 is 4.79 Å². The predicted molar refractivity (Wildman–Crippen MR) is 69.4 cm³/mol. The van der Waals surface area contributed by atoms with Crippen molar-refractivity contribution in [2.24, 2.45) is 5.92 Å². The second kappa shape index (κ2) is 9.44. The fraction of sp³-hybridized carbons (Fsp3) is 0.769. The maximum absolute atomic E-state index is 11.7. The normalized spacial score (nSPS) is 11.7. The first-order valence-corrected chi connectivity index (χ1v) is 6.28. The SMILES string of the molecule is CCN(CCC(=O)N(C)CCC#N)CC(C)C#N. The first kappa shape index (κ1) is 16.4. The van der Waals surface area contributed by atoms with E-state index >= 15 is 0 Å². The number of hydrogen-bond donors (Lipinski definition) is 0. The highest BCUT2D eigenvalue weighted by Crippen LogP contribution is 2.01. The number of amides is 1. The van der Waals surface area contributed by atoms with Crippen LogP contribution in [0.1, 0.15) is 26.7 Å². The Balaban J connectivity index is 4.02. The molecule has 0 aromatic rings. The molecule has 0 aliphatic heterocycles. The van der Waals surface area contributed by atoms with Gasteiger partial charge in [-0.05, 0) is 13.5 Å². The van der Waals surface area contributed by atoms with Gasteiger partial charge in [0, 0.05) is 33.1 Å². The largest absolute Gasteiger partial charge is 0.345 e. The lowest BCUT2D eigenvalue weighted by atomic mass is 10.2. The Bertz CT molecular complexity index is 329. The molecule has 0 aliphatic carbocycles. The van der Waals surface area contributed by atoms with Crippen LogP contribution in [0.3, 0.4) is 0 Å². The molecule has 0 N–H and O–H groups in total. The summed E-state index contributed by atoms with van der Waals surface area (Å²) >= 11 is 0. The summed E-state index contributed by atoms with van der Waals surface area (Å²) in [6.45, 7) is 6.58. The van der Waals surface area contributed by atoms with Crippen LogP contribution in [-0.2, 0) is 4.79 Å². The third-order valence-corrected chi connectivity index (χ3v) is 2.83. The number of rotatable bonds is 8. The summed E-state index contributed by atoms with van der Waals surface area (Å²) in [6, 6.07) is 4.22. The van der Waals surface area contributed by atoms with Gasteiger partial charge in [0.25, 0.3) is 0 Å². The van der Waals surface area contributed by atoms with Gasteiger partial charge in [-0.3, -0.25) is 4.79 Å². The molecular weight excluding hydrogens is 228 g/mol. The highest BCUT2D eigenvalue weighted by Gasteiger charge is 2.12. The minimum Gasteiger partial charge on any atom is -0.345 e. The van der Waals surface area contributed by atoms with Gasteiger partial charge in [-0.15, -0.1) is 0 Å². The molecule has 0 rings (SSSR count). The van der Waals surface area contributed by atoms with Gasteiger partial charge >= 0.3 is 0 Å². The minimum absolute atomic E-state index is 0.0172. The Morgan fingerprint density at radius 3 is 2.50 bits per heavy atom. The number of nitrogens with zero attached hydrogens (tertiary/aromatic N) is 4. The van der Waals surface area contributed by atoms with Gasteiger partial charge in [-0.2, -0.15) is 10.5 Å². The third-order valence-electron chi connectivity index (χ3n) is 2.83. The predicted octanol–water partition coefficient (Wildman–Crippen LogP) is 1.23. The fourth-order valence-corrected chi connectivity index (χ4v) is 1.59. The molecule has 0 aliphatic rings. The molecule has 0 spiro atoms. The van der Waals surface area contributed by atoms with E-state index in [1.165, 1.54) is 0 Å². The standard InChI is InChI=1S/C13H22N4O/c1-4-17(11-12(2)10-15)9-6-13(18)16(3)8-5-7-14/h12H,4-6,8-9,11H2,1-3H3. The number of hydrogen-bond acceptors (Lipinski definition) is 4. The molecule has 1 atom stereocenters. The van der Waals surface area contributed by atoms with Crippen molar-refractivity contribution in [1.82, 2.24) is 9.80 Å². The zero-order valence-electron chi connectivity index (χ0n) is 11.5. The molecule has 0 aromatic heterocycles. The maximum atomic E-state index is 11.7. The van der Waals surface area contributed by atoms with Crippen LogP contribution in [0.2, 0.25) is 0 Å². The highest BCUT2D eigenvalue weighted by atomic mass is 16.2. The van der Waals surface area contributed by atoms with Crippen molar-refractivity contribution >= 4 is 5.91 Å². The highest BCUT2D eigenvalue weighted by molar-refractivity contribution is 5.76. The van der Waals surface area contributed by atoms with Crippen molar-refractivity contribution in [3.05, 3.63) is 0 Å². The summed E-state index contributed by atoms with van der Waals surface area (Å²) in [7, 11) is 1.72. The van der Waals surface area contributed by atoms with Crippen LogP contribution in [0.25, 0.3) is 0 Å². The van der Waals surface area contributed by atoms with E-state index < -0.39 is 0 Å². The van der Waals surface area contributed by atoms with Crippen LogP contribution < -0.4 is 0 Å². The Kier molecular flexibility index (Phi) is 8.61. The molecular formula is C13H22N4O. The molecule has 0 radical (unpaired) electrons. The molecule has 0 heterocycles. The molecule has 5 heteroatoms. The monoisotopic (exact) mass is 250 g/mol. The lowest BCUT2D eigenvalue weighted by Crippen LogP contribution is -2.34. The van der Waals surface area contributed by atoms with Crippen LogP contribution in [0.15, 0.2) is 0 Å². The van der Waals surface area contributed by atoms with Gasteiger partial charge in [-0.1, -0.05) is 6.92 Å². The third kappa shape index (κ3) is 6.88. The van der Waals surface area contributed by atoms with E-state index in [1.807, 2.05) is 19.9 Å². The first-order chi connectivity index (χ1) is 8.54. The van der Waals surface area contributed by atoms with Gasteiger partial charge < -0.3 is 9.80 Å². The lowest BCUT2D eigenvalue weighted by Gasteiger charge is -2.22. The first-order valence-electron chi connectivity index (χ1n) is 6.28. The molecule has 0 fully saturated rings. The summed E-state index contributed by atoms with van der Waals surface area (Å²) in [5.74, 6) is 0.0321. The van der Waals surface area contributed by atoms with Gasteiger partial charge in [0.2, 0.25) is 5.91 Å². The molecule has 1 amide bonds. The summed E-state index contributed by atoms with van der Waals surface area (Å²) in [6.07, 6.45) is 0.805. The van der Waals surface area contributed by atoms with E-state index in [1.54, 1.807) is 11.9 Å². The Hall–Kier alpha value is -1.59. The van der Waals surface area contributed by atoms with Crippen LogP contribution in [0.5, 0.6) is 0 Å². The van der Waals surface area contributed by atoms with Crippen LogP contribution in [-0.4, -0.2) is 48.9 Å². The van der Waals surface area contributed by atoms with Crippen LogP contribution in [0.4, 0.5) is 0 Å². The second-order valence-corrected chi connectivity index (χ2v) is 4.40. The maximum Gasteiger partial charge on any atom is 0.223 e. The minimum atomic E-state index is -0.0172. The van der Waals surface area contributed by atoms with Gasteiger partial charge in [0.1, 0.15) is 0 Å². The molecule has 0 saturated carbocycles. The van der Waals surface area contributed by atoms with Gasteiger partial charge in [0.05, 0.1) is 24.5 Å². The van der Waals surface area contributed by atoms with E-state index in [9.17, 15) is 4.79 Å². The van der Waals surface area contributed by atoms with E-state index in [0.717, 1.165) is 6.54 Å². The lowest BCUT2D eigenvalue weighted by molar-refractivity contribution is -0.130. The summed E-state index contributed by atoms with van der Waals surface area (Å²) < 4.78 is 0. The van der Waals surface area contributed by atoms with Crippen molar-refractivity contribution in [3.63, 3.8) is 0 Å². The molecule has 100 valence electrons. The molecule has 18 heavy (non-hydrogen) atoms. The van der Waals surface area contributed by atoms with Crippen molar-refractivity contribution in [1.29, 1.82) is 10.5 Å². The average Bonchev–Trinajstić information content (AvgIpc) is 2.39. The average molecular weight is 250 g/mol. The van der Waals surface area contributed by atoms with E-state index in [0.29, 0.717) is 32.5 Å². The quantitative estimate of drug-likeness (QED) is 0.649. The smallest absolute Gasteiger partial charge is 0.223 e. The van der Waals surface area contributed by atoms with Crippen molar-refractivity contribution in [2.75, 3.05) is 33.2 Å². The van der Waals surface area contributed by atoms with Crippen LogP contribution >= 0.6 is 0 Å². The van der Waals surface area contributed by atoms with Crippen LogP contribution in [0, 0.1) is 28.6 Å². The number of carbonyl (C=O) groups excluding carboxylic acids is 1. The molecule has 0 aromatic carbocycles. The Morgan fingerprint density at radius 2 is 2.00 bits per heavy atom. The fourth-order valence-electron chi connectivity index (χ4n) is 1.59. The summed E-state index contributed by atoms with van der Waals surface area (Å²) in [5, 5.41) is 17.2. The summed E-state index contributed by atoms with van der Waals surface area (Å²) in [4.78, 5) is 15.4. The van der Waals surface area contributed by atoms with Gasteiger partial charge in [-0.25, -0.2) is 0 Å². The second-order valence-electron chi connectivity index (χ2n) is 4.40. The van der Waals surface area contributed by atoms with Gasteiger partial charge in [0.15, 0.2) is 0 Å². The summed E-state index contributed by atoms with van der Waals surface area (Å²) in [5.41, 5.74) is 0. The Labute approximate surface area is 110 Å². The molecule has 0 bridgehead atoms. The topological polar surface area (TPSA) is 71.1 Å². The number of carbonyl (C=O) groups is 1. The van der Waals surface area contributed by atoms with Crippen molar-refractivity contribution in [3.8, 4) is 12.1 Å². The molecule has 0 saturated heterocycles. The number of nitriles is 2.